The van der Waals surface area contributed by atoms with Crippen molar-refractivity contribution in [2.45, 2.75) is 11.5 Å². The van der Waals surface area contributed by atoms with Gasteiger partial charge in [-0.15, -0.1) is 0 Å². The Hall–Kier alpha value is -3.22. The number of nitro benzene ring substituents is 1. The van der Waals surface area contributed by atoms with Crippen LogP contribution in [0.5, 0.6) is 5.75 Å². The summed E-state index contributed by atoms with van der Waals surface area (Å²) in [4.78, 5) is 33.2. The molecule has 2 rings (SSSR count). The van der Waals surface area contributed by atoms with Crippen molar-refractivity contribution in [1.29, 1.82) is 0 Å². The fraction of sp³-hybridized carbons (Fsp3) is 0.222. The summed E-state index contributed by atoms with van der Waals surface area (Å²) in [6, 6.07) is 9.77. The number of amides is 1. The second-order valence-electron chi connectivity index (χ2n) is 5.98. The normalized spacial score (nSPS) is 10.9. The molecule has 0 unspecified atom stereocenters. The molecule has 0 saturated carbocycles. The summed E-state index contributed by atoms with van der Waals surface area (Å²) in [5.41, 5.74) is -0.0176. The lowest BCUT2D eigenvalue weighted by Gasteiger charge is -2.09. The van der Waals surface area contributed by atoms with E-state index in [1.54, 1.807) is 24.3 Å². The summed E-state index contributed by atoms with van der Waals surface area (Å²) in [6.45, 7) is -1.26. The maximum atomic E-state index is 12.3. The Morgan fingerprint density at radius 2 is 1.81 bits per heavy atom. The largest absolute Gasteiger partial charge is 0.497 e. The van der Waals surface area contributed by atoms with Crippen LogP contribution in [0, 0.1) is 10.1 Å². The number of nitrogens with one attached hydrogen (secondary N) is 2. The smallest absolute Gasteiger partial charge is 0.325 e. The predicted octanol–water partition coefficient (Wildman–Crippen LogP) is 1.39. The Morgan fingerprint density at radius 1 is 1.13 bits per heavy atom. The van der Waals surface area contributed by atoms with Crippen LogP contribution in [0.3, 0.4) is 0 Å². The van der Waals surface area contributed by atoms with Crippen LogP contribution in [0.4, 0.5) is 5.69 Å². The molecule has 0 heterocycles. The molecular weight excluding hydrogens is 454 g/mol. The third-order valence-electron chi connectivity index (χ3n) is 3.82. The van der Waals surface area contributed by atoms with Crippen LogP contribution >= 0.6 is 11.6 Å². The highest BCUT2D eigenvalue weighted by Crippen LogP contribution is 2.28. The average Bonchev–Trinajstić information content (AvgIpc) is 2.75. The van der Waals surface area contributed by atoms with Crippen LogP contribution in [0.15, 0.2) is 47.4 Å². The van der Waals surface area contributed by atoms with Crippen LogP contribution < -0.4 is 14.8 Å². The number of nitrogens with zero attached hydrogens (tertiary/aromatic N) is 1. The highest BCUT2D eigenvalue weighted by Gasteiger charge is 2.27. The molecule has 1 amide bonds. The standard InChI is InChI=1S/C18H18ClN3O8S/c1-29-14-6-7-16(15(8-14)22(25)26)31(27,28)21-9-17(23)20-10-18(24)30-11-12-2-4-13(19)5-3-12/h2-8,21H,9-11H2,1H3,(H,20,23). The zero-order chi connectivity index (χ0) is 23.0. The van der Waals surface area contributed by atoms with Crippen LogP contribution in [0.25, 0.3) is 0 Å². The fourth-order valence-corrected chi connectivity index (χ4v) is 3.52. The molecule has 0 aromatic heterocycles. The molecule has 2 N–H and O–H groups in total. The summed E-state index contributed by atoms with van der Waals surface area (Å²) in [5.74, 6) is -1.47. The van der Waals surface area contributed by atoms with Gasteiger partial charge in [0, 0.05) is 5.02 Å². The fourth-order valence-electron chi connectivity index (χ4n) is 2.26. The maximum absolute atomic E-state index is 12.3. The molecule has 2 aromatic rings. The van der Waals surface area contributed by atoms with E-state index in [1.165, 1.54) is 13.2 Å². The van der Waals surface area contributed by atoms with Gasteiger partial charge in [0.1, 0.15) is 18.9 Å². The number of ether oxygens (including phenoxy) is 2. The molecule has 0 radical (unpaired) electrons. The van der Waals surface area contributed by atoms with E-state index >= 15 is 0 Å². The highest BCUT2D eigenvalue weighted by atomic mass is 35.5. The SMILES string of the molecule is COc1ccc(S(=O)(=O)NCC(=O)NCC(=O)OCc2ccc(Cl)cc2)c([N+](=O)[O-])c1. The van der Waals surface area contributed by atoms with Crippen molar-refractivity contribution in [1.82, 2.24) is 10.0 Å². The maximum Gasteiger partial charge on any atom is 0.325 e. The van der Waals surface area contributed by atoms with E-state index < -0.39 is 50.5 Å². The molecule has 0 fully saturated rings. The Labute approximate surface area is 182 Å². The molecule has 0 atom stereocenters. The summed E-state index contributed by atoms with van der Waals surface area (Å²) in [7, 11) is -3.11. The van der Waals surface area contributed by atoms with E-state index in [0.29, 0.717) is 10.6 Å². The van der Waals surface area contributed by atoms with E-state index in [9.17, 15) is 28.1 Å². The highest BCUT2D eigenvalue weighted by molar-refractivity contribution is 7.89. The van der Waals surface area contributed by atoms with Crippen molar-refractivity contribution in [3.8, 4) is 5.75 Å². The molecule has 0 saturated heterocycles. The zero-order valence-corrected chi connectivity index (χ0v) is 17.7. The molecule has 13 heteroatoms. The number of halogens is 1. The number of carbonyl (C=O) groups excluding carboxylic acids is 2. The van der Waals surface area contributed by atoms with E-state index in [1.807, 2.05) is 4.72 Å². The molecule has 0 aliphatic rings. The minimum Gasteiger partial charge on any atom is -0.497 e. The van der Waals surface area contributed by atoms with Gasteiger partial charge in [0.05, 0.1) is 24.6 Å². The van der Waals surface area contributed by atoms with Gasteiger partial charge in [-0.25, -0.2) is 13.1 Å². The van der Waals surface area contributed by atoms with Gasteiger partial charge in [-0.2, -0.15) is 0 Å². The van der Waals surface area contributed by atoms with Crippen LogP contribution in [0.2, 0.25) is 5.02 Å². The van der Waals surface area contributed by atoms with Crippen molar-refractivity contribution in [3.63, 3.8) is 0 Å². The number of hydrogen-bond acceptors (Lipinski definition) is 8. The number of carbonyl (C=O) groups is 2. The monoisotopic (exact) mass is 471 g/mol. The van der Waals surface area contributed by atoms with Crippen LogP contribution in [-0.2, 0) is 31.0 Å². The lowest BCUT2D eigenvalue weighted by atomic mass is 10.2. The minimum absolute atomic E-state index is 0.0281. The second-order valence-corrected chi connectivity index (χ2v) is 8.15. The summed E-state index contributed by atoms with van der Waals surface area (Å²) >= 11 is 5.75. The first-order chi connectivity index (χ1) is 14.6. The van der Waals surface area contributed by atoms with Gasteiger partial charge in [0.15, 0.2) is 4.90 Å². The topological polar surface area (TPSA) is 154 Å². The number of rotatable bonds is 10. The third-order valence-corrected chi connectivity index (χ3v) is 5.52. The predicted molar refractivity (Wildman–Crippen MR) is 109 cm³/mol. The second kappa shape index (κ2) is 10.7. The van der Waals surface area contributed by atoms with E-state index in [2.05, 4.69) is 5.32 Å². The molecule has 2 aromatic carbocycles. The number of esters is 1. The Balaban J connectivity index is 1.86. The van der Waals surface area contributed by atoms with Gasteiger partial charge in [-0.1, -0.05) is 23.7 Å². The number of methoxy groups -OCH3 is 1. The van der Waals surface area contributed by atoms with Crippen molar-refractivity contribution in [2.75, 3.05) is 20.2 Å². The molecule has 11 nitrogen and oxygen atoms in total. The zero-order valence-electron chi connectivity index (χ0n) is 16.2. The van der Waals surface area contributed by atoms with E-state index in [4.69, 9.17) is 21.1 Å². The van der Waals surface area contributed by atoms with Gasteiger partial charge in [-0.05, 0) is 29.8 Å². The van der Waals surface area contributed by atoms with Crippen LogP contribution in [-0.4, -0.2) is 45.4 Å². The Bertz CT molecular complexity index is 1070. The van der Waals surface area contributed by atoms with E-state index in [0.717, 1.165) is 12.1 Å². The van der Waals surface area contributed by atoms with Crippen molar-refractivity contribution in [2.24, 2.45) is 0 Å². The van der Waals surface area contributed by atoms with Gasteiger partial charge in [-0.3, -0.25) is 19.7 Å². The Morgan fingerprint density at radius 3 is 2.42 bits per heavy atom. The van der Waals surface area contributed by atoms with Gasteiger partial charge in [0.25, 0.3) is 5.69 Å². The third kappa shape index (κ3) is 7.20. The lowest BCUT2D eigenvalue weighted by Crippen LogP contribution is -2.39. The number of nitro groups is 1. The first kappa shape index (κ1) is 24.1. The number of hydrogen-bond donors (Lipinski definition) is 2. The first-order valence-corrected chi connectivity index (χ1v) is 10.5. The summed E-state index contributed by atoms with van der Waals surface area (Å²) in [5, 5.41) is 13.9. The number of benzene rings is 2. The molecule has 0 aliphatic carbocycles. The minimum atomic E-state index is -4.38. The Kier molecular flexibility index (Phi) is 8.30. The van der Waals surface area contributed by atoms with Crippen molar-refractivity contribution >= 4 is 39.2 Å². The van der Waals surface area contributed by atoms with Gasteiger partial charge >= 0.3 is 5.97 Å². The van der Waals surface area contributed by atoms with Crippen LogP contribution in [0.1, 0.15) is 5.56 Å². The molecule has 166 valence electrons. The molecule has 31 heavy (non-hydrogen) atoms. The molecule has 0 spiro atoms. The van der Waals surface area contributed by atoms with E-state index in [-0.39, 0.29) is 12.4 Å². The summed E-state index contributed by atoms with van der Waals surface area (Å²) < 4.78 is 36.5. The molecule has 0 aliphatic heterocycles. The van der Waals surface area contributed by atoms with Gasteiger partial charge in [0.2, 0.25) is 15.9 Å². The van der Waals surface area contributed by atoms with Crippen molar-refractivity contribution in [3.05, 3.63) is 63.2 Å². The lowest BCUT2D eigenvalue weighted by molar-refractivity contribution is -0.387. The quantitative estimate of drug-likeness (QED) is 0.299. The number of sulfonamides is 1. The molecular formula is C18H18ClN3O8S. The molecule has 0 bridgehead atoms. The first-order valence-electron chi connectivity index (χ1n) is 8.61. The summed E-state index contributed by atoms with van der Waals surface area (Å²) in [6.07, 6.45) is 0. The average molecular weight is 472 g/mol. The van der Waals surface area contributed by atoms with Crippen molar-refractivity contribution < 1.29 is 32.4 Å². The van der Waals surface area contributed by atoms with Gasteiger partial charge < -0.3 is 14.8 Å².